The molecule has 1 rings (SSSR count). The van der Waals surface area contributed by atoms with Crippen molar-refractivity contribution in [1.82, 2.24) is 4.90 Å². The highest BCUT2D eigenvalue weighted by Gasteiger charge is 2.26. The van der Waals surface area contributed by atoms with Gasteiger partial charge in [-0.2, -0.15) is 0 Å². The average Bonchev–Trinajstić information content (AvgIpc) is 2.31. The zero-order valence-electron chi connectivity index (χ0n) is 9.63. The molecule has 0 bridgehead atoms. The summed E-state index contributed by atoms with van der Waals surface area (Å²) in [6, 6.07) is 0. The summed E-state index contributed by atoms with van der Waals surface area (Å²) >= 11 is 0. The van der Waals surface area contributed by atoms with Crippen molar-refractivity contribution in [3.8, 4) is 0 Å². The van der Waals surface area contributed by atoms with Crippen LogP contribution in [0.2, 0.25) is 0 Å². The maximum atomic E-state index is 5.90. The number of likely N-dealkylation sites (tertiary alicyclic amines) is 1. The summed E-state index contributed by atoms with van der Waals surface area (Å²) in [5.74, 6) is 0.839. The van der Waals surface area contributed by atoms with E-state index in [-0.39, 0.29) is 11.8 Å². The third kappa shape index (κ3) is 3.65. The molecular weight excluding hydrogens is 162 g/mol. The summed E-state index contributed by atoms with van der Waals surface area (Å²) in [4.78, 5) is 2.43. The Bertz CT molecular complexity index is 162. The Hall–Kier alpha value is -0.0800. The molecule has 1 aliphatic rings. The summed E-state index contributed by atoms with van der Waals surface area (Å²) in [6.07, 6.45) is 1.59. The van der Waals surface area contributed by atoms with Gasteiger partial charge in [-0.3, -0.25) is 4.90 Å². The first-order valence-electron chi connectivity index (χ1n) is 5.30. The number of rotatable bonds is 2. The zero-order chi connectivity index (χ0) is 10.1. The van der Waals surface area contributed by atoms with Crippen LogP contribution < -0.4 is 0 Å². The van der Waals surface area contributed by atoms with E-state index < -0.39 is 0 Å². The fourth-order valence-corrected chi connectivity index (χ4v) is 1.89. The van der Waals surface area contributed by atoms with Gasteiger partial charge in [0.05, 0.1) is 5.60 Å². The SMILES string of the molecule is CC(OC(C)(C)C)N1CC[C@@H](C)C1. The highest BCUT2D eigenvalue weighted by molar-refractivity contribution is 4.74. The lowest BCUT2D eigenvalue weighted by Gasteiger charge is -2.31. The van der Waals surface area contributed by atoms with Crippen LogP contribution in [0, 0.1) is 5.92 Å². The first-order chi connectivity index (χ1) is 5.88. The summed E-state index contributed by atoms with van der Waals surface area (Å²) in [7, 11) is 0. The Morgan fingerprint density at radius 2 is 2.00 bits per heavy atom. The molecule has 0 aliphatic carbocycles. The van der Waals surface area contributed by atoms with E-state index in [2.05, 4.69) is 39.5 Å². The fraction of sp³-hybridized carbons (Fsp3) is 1.00. The lowest BCUT2D eigenvalue weighted by Crippen LogP contribution is -2.38. The molecule has 0 saturated carbocycles. The van der Waals surface area contributed by atoms with Gasteiger partial charge in [-0.05, 0) is 40.0 Å². The summed E-state index contributed by atoms with van der Waals surface area (Å²) in [6.45, 7) is 13.2. The van der Waals surface area contributed by atoms with Crippen LogP contribution in [-0.2, 0) is 4.74 Å². The Kier molecular flexibility index (Phi) is 3.36. The molecule has 13 heavy (non-hydrogen) atoms. The van der Waals surface area contributed by atoms with Gasteiger partial charge in [-0.1, -0.05) is 6.92 Å². The molecule has 1 heterocycles. The van der Waals surface area contributed by atoms with Gasteiger partial charge in [0.25, 0.3) is 0 Å². The van der Waals surface area contributed by atoms with E-state index in [1.54, 1.807) is 0 Å². The number of hydrogen-bond donors (Lipinski definition) is 0. The molecule has 1 aliphatic heterocycles. The third-order valence-corrected chi connectivity index (χ3v) is 2.49. The Morgan fingerprint density at radius 3 is 2.38 bits per heavy atom. The second-order valence-electron chi connectivity index (χ2n) is 5.22. The minimum absolute atomic E-state index is 0.0226. The summed E-state index contributed by atoms with van der Waals surface area (Å²) in [5, 5.41) is 0. The van der Waals surface area contributed by atoms with Gasteiger partial charge in [0.15, 0.2) is 0 Å². The molecule has 78 valence electrons. The van der Waals surface area contributed by atoms with Gasteiger partial charge in [0.1, 0.15) is 6.23 Å². The second kappa shape index (κ2) is 3.97. The summed E-state index contributed by atoms with van der Waals surface area (Å²) < 4.78 is 5.90. The molecule has 2 atom stereocenters. The van der Waals surface area contributed by atoms with Crippen molar-refractivity contribution in [2.45, 2.75) is 52.9 Å². The van der Waals surface area contributed by atoms with Crippen LogP contribution in [0.25, 0.3) is 0 Å². The highest BCUT2D eigenvalue weighted by Crippen LogP contribution is 2.21. The van der Waals surface area contributed by atoms with Crippen molar-refractivity contribution in [3.63, 3.8) is 0 Å². The van der Waals surface area contributed by atoms with Gasteiger partial charge >= 0.3 is 0 Å². The molecule has 0 N–H and O–H groups in total. The average molecular weight is 185 g/mol. The quantitative estimate of drug-likeness (QED) is 0.655. The maximum Gasteiger partial charge on any atom is 0.108 e. The predicted octanol–water partition coefficient (Wildman–Crippen LogP) is 2.49. The Balaban J connectivity index is 2.36. The van der Waals surface area contributed by atoms with Crippen LogP contribution in [0.5, 0.6) is 0 Å². The molecule has 0 aromatic rings. The fourth-order valence-electron chi connectivity index (χ4n) is 1.89. The minimum atomic E-state index is -0.0226. The lowest BCUT2D eigenvalue weighted by atomic mass is 10.2. The molecule has 2 nitrogen and oxygen atoms in total. The molecule has 2 heteroatoms. The van der Waals surface area contributed by atoms with Gasteiger partial charge in [0.2, 0.25) is 0 Å². The first-order valence-corrected chi connectivity index (χ1v) is 5.30. The van der Waals surface area contributed by atoms with Crippen LogP contribution in [0.4, 0.5) is 0 Å². The highest BCUT2D eigenvalue weighted by atomic mass is 16.5. The van der Waals surface area contributed by atoms with E-state index in [9.17, 15) is 0 Å². The van der Waals surface area contributed by atoms with Crippen molar-refractivity contribution in [1.29, 1.82) is 0 Å². The Labute approximate surface area is 82.3 Å². The normalized spacial score (nSPS) is 27.9. The summed E-state index contributed by atoms with van der Waals surface area (Å²) in [5.41, 5.74) is -0.0226. The van der Waals surface area contributed by atoms with E-state index >= 15 is 0 Å². The number of nitrogens with zero attached hydrogens (tertiary/aromatic N) is 1. The lowest BCUT2D eigenvalue weighted by molar-refractivity contribution is -0.117. The van der Waals surface area contributed by atoms with Crippen LogP contribution in [0.15, 0.2) is 0 Å². The van der Waals surface area contributed by atoms with Crippen molar-refractivity contribution in [2.24, 2.45) is 5.92 Å². The smallest absolute Gasteiger partial charge is 0.108 e. The minimum Gasteiger partial charge on any atom is -0.358 e. The van der Waals surface area contributed by atoms with Crippen LogP contribution in [0.1, 0.15) is 41.0 Å². The third-order valence-electron chi connectivity index (χ3n) is 2.49. The maximum absolute atomic E-state index is 5.90. The molecule has 0 spiro atoms. The van der Waals surface area contributed by atoms with Crippen LogP contribution in [0.3, 0.4) is 0 Å². The molecule has 1 unspecified atom stereocenters. The first kappa shape index (κ1) is 11.0. The molecule has 0 aromatic carbocycles. The van der Waals surface area contributed by atoms with Crippen molar-refractivity contribution in [2.75, 3.05) is 13.1 Å². The van der Waals surface area contributed by atoms with Gasteiger partial charge in [-0.25, -0.2) is 0 Å². The van der Waals surface area contributed by atoms with Crippen LogP contribution >= 0.6 is 0 Å². The molecule has 0 amide bonds. The molecule has 1 fully saturated rings. The van der Waals surface area contributed by atoms with E-state index in [1.165, 1.54) is 19.5 Å². The largest absolute Gasteiger partial charge is 0.358 e. The predicted molar refractivity (Wildman–Crippen MR) is 55.7 cm³/mol. The monoisotopic (exact) mass is 185 g/mol. The van der Waals surface area contributed by atoms with E-state index in [4.69, 9.17) is 4.74 Å². The van der Waals surface area contributed by atoms with Crippen molar-refractivity contribution < 1.29 is 4.74 Å². The second-order valence-corrected chi connectivity index (χ2v) is 5.22. The standard InChI is InChI=1S/C11H23NO/c1-9-6-7-12(8-9)10(2)13-11(3,4)5/h9-10H,6-8H2,1-5H3/t9-,10?/m1/s1. The molecular formula is C11H23NO. The van der Waals surface area contributed by atoms with E-state index in [0.29, 0.717) is 0 Å². The van der Waals surface area contributed by atoms with Crippen LogP contribution in [-0.4, -0.2) is 29.8 Å². The van der Waals surface area contributed by atoms with E-state index in [1.807, 2.05) is 0 Å². The van der Waals surface area contributed by atoms with Crippen molar-refractivity contribution in [3.05, 3.63) is 0 Å². The topological polar surface area (TPSA) is 12.5 Å². The number of ether oxygens (including phenoxy) is 1. The Morgan fingerprint density at radius 1 is 1.38 bits per heavy atom. The van der Waals surface area contributed by atoms with E-state index in [0.717, 1.165) is 5.92 Å². The molecule has 0 aromatic heterocycles. The van der Waals surface area contributed by atoms with Gasteiger partial charge < -0.3 is 4.74 Å². The van der Waals surface area contributed by atoms with Gasteiger partial charge in [0, 0.05) is 13.1 Å². The zero-order valence-corrected chi connectivity index (χ0v) is 9.63. The van der Waals surface area contributed by atoms with Gasteiger partial charge in [-0.15, -0.1) is 0 Å². The molecule has 1 saturated heterocycles. The number of hydrogen-bond acceptors (Lipinski definition) is 2. The van der Waals surface area contributed by atoms with Crippen molar-refractivity contribution >= 4 is 0 Å². The molecule has 0 radical (unpaired) electrons.